The number of rotatable bonds is 5. The highest BCUT2D eigenvalue weighted by Crippen LogP contribution is 2.25. The third-order valence-electron chi connectivity index (χ3n) is 4.08. The number of hydrogen-bond donors (Lipinski definition) is 2. The second-order valence-corrected chi connectivity index (χ2v) is 6.79. The van der Waals surface area contributed by atoms with Gasteiger partial charge in [0.1, 0.15) is 5.69 Å². The van der Waals surface area contributed by atoms with E-state index in [4.69, 9.17) is 4.52 Å². The Morgan fingerprint density at radius 2 is 2.08 bits per heavy atom. The predicted octanol–water partition coefficient (Wildman–Crippen LogP) is 3.69. The van der Waals surface area contributed by atoms with Crippen LogP contribution in [0.3, 0.4) is 0 Å². The summed E-state index contributed by atoms with van der Waals surface area (Å²) in [5.41, 5.74) is 2.47. The predicted molar refractivity (Wildman–Crippen MR) is 99.0 cm³/mol. The highest BCUT2D eigenvalue weighted by atomic mass is 32.1. The van der Waals surface area contributed by atoms with E-state index in [1.807, 2.05) is 41.8 Å². The van der Waals surface area contributed by atoms with Crippen LogP contribution in [0.15, 0.2) is 52.4 Å². The Balaban J connectivity index is 1.48. The lowest BCUT2D eigenvalue weighted by molar-refractivity contribution is -0.117. The molecule has 4 aromatic rings. The maximum absolute atomic E-state index is 12.6. The van der Waals surface area contributed by atoms with Crippen molar-refractivity contribution >= 4 is 33.9 Å². The molecule has 0 saturated carbocycles. The normalized spacial score (nSPS) is 11.0. The monoisotopic (exact) mass is 365 g/mol. The second kappa shape index (κ2) is 6.61. The van der Waals surface area contributed by atoms with Crippen molar-refractivity contribution in [1.29, 1.82) is 0 Å². The molecule has 0 aliphatic carbocycles. The number of nitrogens with one attached hydrogen (secondary N) is 2. The van der Waals surface area contributed by atoms with E-state index >= 15 is 0 Å². The van der Waals surface area contributed by atoms with Gasteiger partial charge in [-0.1, -0.05) is 29.4 Å². The molecule has 6 nitrogen and oxygen atoms in total. The van der Waals surface area contributed by atoms with Crippen molar-refractivity contribution in [3.05, 3.63) is 64.8 Å². The number of para-hydroxylation sites is 1. The van der Waals surface area contributed by atoms with Gasteiger partial charge in [0.2, 0.25) is 0 Å². The van der Waals surface area contributed by atoms with Gasteiger partial charge in [-0.15, -0.1) is 11.3 Å². The van der Waals surface area contributed by atoms with Gasteiger partial charge < -0.3 is 14.8 Å². The van der Waals surface area contributed by atoms with Gasteiger partial charge in [-0.3, -0.25) is 9.59 Å². The van der Waals surface area contributed by atoms with E-state index in [-0.39, 0.29) is 6.54 Å². The maximum Gasteiger partial charge on any atom is 0.292 e. The van der Waals surface area contributed by atoms with E-state index in [2.05, 4.69) is 15.5 Å². The van der Waals surface area contributed by atoms with Gasteiger partial charge in [0.05, 0.1) is 17.0 Å². The van der Waals surface area contributed by atoms with Gasteiger partial charge in [0.25, 0.3) is 11.7 Å². The minimum absolute atomic E-state index is 0.126. The molecule has 3 heterocycles. The molecule has 2 N–H and O–H groups in total. The van der Waals surface area contributed by atoms with E-state index in [0.717, 1.165) is 15.8 Å². The molecular formula is C19H15N3O3S. The van der Waals surface area contributed by atoms with Gasteiger partial charge in [-0.2, -0.15) is 0 Å². The quantitative estimate of drug-likeness (QED) is 0.417. The van der Waals surface area contributed by atoms with Crippen molar-refractivity contribution in [2.24, 2.45) is 0 Å². The summed E-state index contributed by atoms with van der Waals surface area (Å²) in [5, 5.41) is 9.24. The number of ketones is 1. The molecule has 0 fully saturated rings. The summed E-state index contributed by atoms with van der Waals surface area (Å²) >= 11 is 1.54. The molecule has 0 unspecified atom stereocenters. The second-order valence-electron chi connectivity index (χ2n) is 5.84. The van der Waals surface area contributed by atoms with E-state index < -0.39 is 11.7 Å². The number of carbonyl (C=O) groups is 2. The number of hydrogen-bond acceptors (Lipinski definition) is 5. The standard InChI is InChI=1S/C19H15N3O3S/c1-11-17(13-5-2-3-6-14(13)21-11)18(23)19(24)20-10-12-9-15(25-22-12)16-7-4-8-26-16/h2-9,21H,10H2,1H3,(H,20,24). The minimum atomic E-state index is -0.668. The number of aryl methyl sites for hydroxylation is 1. The zero-order valence-electron chi connectivity index (χ0n) is 13.9. The van der Waals surface area contributed by atoms with Crippen LogP contribution in [-0.4, -0.2) is 21.8 Å². The van der Waals surface area contributed by atoms with Gasteiger partial charge in [-0.05, 0) is 24.4 Å². The average Bonchev–Trinajstić information content (AvgIpc) is 3.37. The Morgan fingerprint density at radius 3 is 2.88 bits per heavy atom. The van der Waals surface area contributed by atoms with Crippen molar-refractivity contribution in [3.63, 3.8) is 0 Å². The number of aromatic nitrogens is 2. The van der Waals surface area contributed by atoms with Gasteiger partial charge in [0, 0.05) is 22.7 Å². The van der Waals surface area contributed by atoms with Crippen molar-refractivity contribution in [3.8, 4) is 10.6 Å². The van der Waals surface area contributed by atoms with Crippen molar-refractivity contribution in [1.82, 2.24) is 15.5 Å². The summed E-state index contributed by atoms with van der Waals surface area (Å²) in [4.78, 5) is 29.0. The number of H-pyrrole nitrogens is 1. The summed E-state index contributed by atoms with van der Waals surface area (Å²) in [6, 6.07) is 13.0. The molecule has 1 aromatic carbocycles. The third-order valence-corrected chi connectivity index (χ3v) is 4.96. The molecule has 0 aliphatic heterocycles. The molecule has 3 aromatic heterocycles. The van der Waals surface area contributed by atoms with Crippen molar-refractivity contribution in [2.75, 3.05) is 0 Å². The number of benzene rings is 1. The first-order valence-corrected chi connectivity index (χ1v) is 8.91. The van der Waals surface area contributed by atoms with Gasteiger partial charge >= 0.3 is 0 Å². The molecule has 0 atom stereocenters. The first-order chi connectivity index (χ1) is 12.6. The average molecular weight is 365 g/mol. The van der Waals surface area contributed by atoms with Crippen LogP contribution in [0.1, 0.15) is 21.7 Å². The van der Waals surface area contributed by atoms with Crippen LogP contribution in [0.5, 0.6) is 0 Å². The van der Waals surface area contributed by atoms with E-state index in [9.17, 15) is 9.59 Å². The number of carbonyl (C=O) groups excluding carboxylic acids is 2. The lowest BCUT2D eigenvalue weighted by Crippen LogP contribution is -2.31. The number of thiophene rings is 1. The Morgan fingerprint density at radius 1 is 1.23 bits per heavy atom. The number of fused-ring (bicyclic) bond motifs is 1. The summed E-state index contributed by atoms with van der Waals surface area (Å²) in [5.74, 6) is -0.594. The fourth-order valence-electron chi connectivity index (χ4n) is 2.86. The number of aromatic amines is 1. The minimum Gasteiger partial charge on any atom is -0.358 e. The summed E-state index contributed by atoms with van der Waals surface area (Å²) in [7, 11) is 0. The SMILES string of the molecule is Cc1[nH]c2ccccc2c1C(=O)C(=O)NCc1cc(-c2cccs2)on1. The lowest BCUT2D eigenvalue weighted by atomic mass is 10.1. The van der Waals surface area contributed by atoms with E-state index in [1.54, 1.807) is 24.3 Å². The third kappa shape index (κ3) is 2.93. The fourth-order valence-corrected chi connectivity index (χ4v) is 3.54. The Kier molecular flexibility index (Phi) is 4.14. The van der Waals surface area contributed by atoms with Crippen molar-refractivity contribution < 1.29 is 14.1 Å². The van der Waals surface area contributed by atoms with Crippen LogP contribution in [0.4, 0.5) is 0 Å². The van der Waals surface area contributed by atoms with Crippen LogP contribution in [0.2, 0.25) is 0 Å². The molecule has 0 aliphatic rings. The smallest absolute Gasteiger partial charge is 0.292 e. The molecule has 4 rings (SSSR count). The van der Waals surface area contributed by atoms with Crippen molar-refractivity contribution in [2.45, 2.75) is 13.5 Å². The van der Waals surface area contributed by atoms with E-state index in [1.165, 1.54) is 0 Å². The molecule has 7 heteroatoms. The molecule has 0 spiro atoms. The van der Waals surface area contributed by atoms with Crippen LogP contribution in [0.25, 0.3) is 21.5 Å². The summed E-state index contributed by atoms with van der Waals surface area (Å²) < 4.78 is 5.27. The Bertz CT molecular complexity index is 1090. The number of amides is 1. The van der Waals surface area contributed by atoms with Crippen LogP contribution in [-0.2, 0) is 11.3 Å². The highest BCUT2D eigenvalue weighted by Gasteiger charge is 2.22. The molecule has 0 bridgehead atoms. The zero-order chi connectivity index (χ0) is 18.1. The molecular weight excluding hydrogens is 350 g/mol. The largest absolute Gasteiger partial charge is 0.358 e. The first kappa shape index (κ1) is 16.3. The molecule has 0 saturated heterocycles. The van der Waals surface area contributed by atoms with Crippen LogP contribution >= 0.6 is 11.3 Å². The van der Waals surface area contributed by atoms with Crippen LogP contribution < -0.4 is 5.32 Å². The Hall–Kier alpha value is -3.19. The zero-order valence-corrected chi connectivity index (χ0v) is 14.7. The van der Waals surface area contributed by atoms with Gasteiger partial charge in [-0.25, -0.2) is 0 Å². The fraction of sp³-hybridized carbons (Fsp3) is 0.105. The lowest BCUT2D eigenvalue weighted by Gasteiger charge is -2.02. The molecule has 0 radical (unpaired) electrons. The molecule has 26 heavy (non-hydrogen) atoms. The number of nitrogens with zero attached hydrogens (tertiary/aromatic N) is 1. The topological polar surface area (TPSA) is 88.0 Å². The van der Waals surface area contributed by atoms with Gasteiger partial charge in [0.15, 0.2) is 5.76 Å². The molecule has 130 valence electrons. The summed E-state index contributed by atoms with van der Waals surface area (Å²) in [6.07, 6.45) is 0. The highest BCUT2D eigenvalue weighted by molar-refractivity contribution is 7.13. The first-order valence-electron chi connectivity index (χ1n) is 8.03. The van der Waals surface area contributed by atoms with E-state index in [0.29, 0.717) is 22.7 Å². The summed E-state index contributed by atoms with van der Waals surface area (Å²) in [6.45, 7) is 1.91. The Labute approximate surface area is 152 Å². The van der Waals surface area contributed by atoms with Crippen LogP contribution in [0, 0.1) is 6.92 Å². The maximum atomic E-state index is 12.6. The molecule has 1 amide bonds. The number of Topliss-reactive ketones (excluding diaryl/α,β-unsaturated/α-hetero) is 1.